The highest BCUT2D eigenvalue weighted by molar-refractivity contribution is 7.99. The summed E-state index contributed by atoms with van der Waals surface area (Å²) >= 11 is 1.22. The highest BCUT2D eigenvalue weighted by atomic mass is 32.2. The van der Waals surface area contributed by atoms with Crippen molar-refractivity contribution in [2.24, 2.45) is 28.7 Å². The van der Waals surface area contributed by atoms with Gasteiger partial charge < -0.3 is 30.2 Å². The molecule has 12 nitrogen and oxygen atoms in total. The van der Waals surface area contributed by atoms with E-state index in [-0.39, 0.29) is 70.6 Å². The summed E-state index contributed by atoms with van der Waals surface area (Å²) in [6.45, 7) is 23.5. The van der Waals surface area contributed by atoms with Gasteiger partial charge in [-0.15, -0.1) is 0 Å². The summed E-state index contributed by atoms with van der Waals surface area (Å²) in [4.78, 5) is 73.4. The van der Waals surface area contributed by atoms with E-state index in [0.717, 1.165) is 12.0 Å². The van der Waals surface area contributed by atoms with Crippen molar-refractivity contribution in [1.82, 2.24) is 10.3 Å². The maximum absolute atomic E-state index is 14.0. The Hall–Kier alpha value is -4.65. The molecule has 1 unspecified atom stereocenters. The summed E-state index contributed by atoms with van der Waals surface area (Å²) in [5.41, 5.74) is 3.50. The number of carbonyl (C=O) groups excluding carboxylic acids is 4. The van der Waals surface area contributed by atoms with Crippen molar-refractivity contribution in [2.45, 2.75) is 120 Å². The molecule has 13 heteroatoms. The van der Waals surface area contributed by atoms with Gasteiger partial charge >= 0.3 is 17.9 Å². The molecule has 2 heterocycles. The maximum atomic E-state index is 14.0. The van der Waals surface area contributed by atoms with Crippen LogP contribution in [0, 0.1) is 30.6 Å². The van der Waals surface area contributed by atoms with E-state index >= 15 is 0 Å². The number of esters is 2. The second-order valence-corrected chi connectivity index (χ2v) is 17.2. The van der Waals surface area contributed by atoms with E-state index < -0.39 is 29.9 Å². The number of hydrogen-bond acceptors (Lipinski definition) is 9. The first-order valence-electron chi connectivity index (χ1n) is 19.9. The molecule has 0 aliphatic carbocycles. The van der Waals surface area contributed by atoms with Crippen LogP contribution in [-0.2, 0) is 23.9 Å². The lowest BCUT2D eigenvalue weighted by Crippen LogP contribution is -2.36. The molecule has 1 aliphatic heterocycles. The lowest BCUT2D eigenvalue weighted by molar-refractivity contribution is -0.148. The number of nitrogens with one attached hydrogen (secondary N) is 3. The zero-order chi connectivity index (χ0) is 42.7. The lowest BCUT2D eigenvalue weighted by atomic mass is 9.96. The molecule has 0 fully saturated rings. The third kappa shape index (κ3) is 12.7. The molecule has 3 rings (SSSR count). The fourth-order valence-corrected chi connectivity index (χ4v) is 7.48. The molecule has 1 aromatic heterocycles. The standard InChI is InChI=1S/C44H62N4O8S/c1-13-27(10)30-16-18-31(19-17-30)42(52)48-41-37(44(54)56-39(25(6)7)26(8)9)29(12)33(46-41)21-32-28(11)36(43(53)55-38(23(2)3)24(4)5)40(45-32)47-34(49)15-14-20-57-22-35(50)51/h16-19,21,23-27,38-39,45H,13-15,20,22H2,1-12H3,(H,47,49)(H,50,51)(H,46,48,52). The number of aliphatic imine (C=N–C) groups is 1. The summed E-state index contributed by atoms with van der Waals surface area (Å²) in [6.07, 6.45) is 2.38. The smallest absolute Gasteiger partial charge is 0.342 e. The van der Waals surface area contributed by atoms with Gasteiger partial charge in [0.05, 0.1) is 11.4 Å². The molecule has 0 saturated heterocycles. The van der Waals surface area contributed by atoms with Gasteiger partial charge in [-0.2, -0.15) is 11.8 Å². The number of benzene rings is 1. The first-order chi connectivity index (χ1) is 26.8. The number of aromatic nitrogens is 1. The third-order valence-electron chi connectivity index (χ3n) is 10.1. The minimum absolute atomic E-state index is 0.0346. The van der Waals surface area contributed by atoms with Crippen molar-refractivity contribution in [2.75, 3.05) is 16.8 Å². The number of hydrogen-bond donors (Lipinski definition) is 4. The van der Waals surface area contributed by atoms with Crippen LogP contribution >= 0.6 is 11.8 Å². The number of rotatable bonds is 19. The second-order valence-electron chi connectivity index (χ2n) is 16.1. The molecule has 1 aromatic carbocycles. The first-order valence-corrected chi connectivity index (χ1v) is 21.1. The highest BCUT2D eigenvalue weighted by Crippen LogP contribution is 2.33. The van der Waals surface area contributed by atoms with E-state index in [2.05, 4.69) is 29.5 Å². The number of ether oxygens (including phenoxy) is 2. The quantitative estimate of drug-likeness (QED) is 0.0798. The van der Waals surface area contributed by atoms with Crippen LogP contribution in [0.4, 0.5) is 5.82 Å². The van der Waals surface area contributed by atoms with E-state index in [0.29, 0.717) is 46.2 Å². The summed E-state index contributed by atoms with van der Waals surface area (Å²) in [5, 5.41) is 14.6. The van der Waals surface area contributed by atoms with Crippen LogP contribution in [0.3, 0.4) is 0 Å². The largest absolute Gasteiger partial charge is 0.481 e. The molecule has 1 atom stereocenters. The van der Waals surface area contributed by atoms with Crippen molar-refractivity contribution >= 4 is 59.2 Å². The molecule has 4 N–H and O–H groups in total. The Morgan fingerprint density at radius 3 is 1.93 bits per heavy atom. The fourth-order valence-electron chi connectivity index (χ4n) is 6.81. The third-order valence-corrected chi connectivity index (χ3v) is 11.1. The predicted molar refractivity (Wildman–Crippen MR) is 228 cm³/mol. The number of H-pyrrole nitrogens is 1. The summed E-state index contributed by atoms with van der Waals surface area (Å²) in [6, 6.07) is 7.35. The van der Waals surface area contributed by atoms with Gasteiger partial charge in [0, 0.05) is 17.7 Å². The van der Waals surface area contributed by atoms with Gasteiger partial charge in [0.1, 0.15) is 35.0 Å². The second kappa shape index (κ2) is 21.2. The number of carbonyl (C=O) groups is 5. The minimum Gasteiger partial charge on any atom is -0.481 e. The number of carboxylic acid groups (broad SMARTS) is 1. The molecule has 0 radical (unpaired) electrons. The zero-order valence-corrected chi connectivity index (χ0v) is 36.4. The maximum Gasteiger partial charge on any atom is 0.342 e. The van der Waals surface area contributed by atoms with Gasteiger partial charge in [0.15, 0.2) is 0 Å². The van der Waals surface area contributed by atoms with Gasteiger partial charge in [-0.05, 0) is 96.9 Å². The van der Waals surface area contributed by atoms with Gasteiger partial charge in [-0.25, -0.2) is 14.6 Å². The average Bonchev–Trinajstić information content (AvgIpc) is 3.61. The predicted octanol–water partition coefficient (Wildman–Crippen LogP) is 8.93. The molecule has 312 valence electrons. The van der Waals surface area contributed by atoms with Gasteiger partial charge in [0.2, 0.25) is 5.91 Å². The minimum atomic E-state index is -0.922. The van der Waals surface area contributed by atoms with Gasteiger partial charge in [0.25, 0.3) is 5.91 Å². The number of amidine groups is 1. The number of aromatic amines is 1. The number of carboxylic acids is 1. The Kier molecular flexibility index (Phi) is 17.4. The molecule has 2 amide bonds. The number of thioether (sulfide) groups is 1. The summed E-state index contributed by atoms with van der Waals surface area (Å²) in [7, 11) is 0. The number of anilines is 1. The van der Waals surface area contributed by atoms with Crippen LogP contribution in [0.2, 0.25) is 0 Å². The number of amides is 2. The molecule has 0 saturated carbocycles. The zero-order valence-electron chi connectivity index (χ0n) is 35.6. The Labute approximate surface area is 342 Å². The summed E-state index contributed by atoms with van der Waals surface area (Å²) in [5.74, 6) is -1.87. The Bertz CT molecular complexity index is 1850. The van der Waals surface area contributed by atoms with Gasteiger partial charge in [-0.1, -0.05) is 81.4 Å². The molecule has 0 spiro atoms. The van der Waals surface area contributed by atoms with E-state index in [1.165, 1.54) is 11.8 Å². The normalized spacial score (nSPS) is 14.4. The Morgan fingerprint density at radius 1 is 0.842 bits per heavy atom. The van der Waals surface area contributed by atoms with Crippen molar-refractivity contribution in [1.29, 1.82) is 0 Å². The van der Waals surface area contributed by atoms with Crippen molar-refractivity contribution in [3.8, 4) is 0 Å². The van der Waals surface area contributed by atoms with Crippen molar-refractivity contribution in [3.05, 3.63) is 69.1 Å². The van der Waals surface area contributed by atoms with Crippen LogP contribution in [0.25, 0.3) is 6.08 Å². The van der Waals surface area contributed by atoms with Gasteiger partial charge in [-0.3, -0.25) is 14.4 Å². The van der Waals surface area contributed by atoms with Crippen LogP contribution in [0.5, 0.6) is 0 Å². The molecule has 2 aromatic rings. The fraction of sp³-hybridized carbons (Fsp3) is 0.545. The van der Waals surface area contributed by atoms with Crippen molar-refractivity contribution in [3.63, 3.8) is 0 Å². The highest BCUT2D eigenvalue weighted by Gasteiger charge is 2.34. The SMILES string of the molecule is CCC(C)c1ccc(C(=O)NC2=NC(=Cc3[nH]c(NC(=O)CCCSCC(=O)O)c(C(=O)OC(C(C)C)C(C)C)c3C)C(C)=C2C(=O)OC(C(C)C)C(C)C)cc1. The summed E-state index contributed by atoms with van der Waals surface area (Å²) < 4.78 is 12.1. The van der Waals surface area contributed by atoms with Crippen molar-refractivity contribution < 1.29 is 38.6 Å². The van der Waals surface area contributed by atoms with Crippen LogP contribution in [0.15, 0.2) is 46.1 Å². The molecule has 57 heavy (non-hydrogen) atoms. The lowest BCUT2D eigenvalue weighted by Gasteiger charge is -2.25. The molecule has 1 aliphatic rings. The number of allylic oxidation sites excluding steroid dienone is 1. The van der Waals surface area contributed by atoms with E-state index in [4.69, 9.17) is 19.6 Å². The molecular formula is C44H62N4O8S. The van der Waals surface area contributed by atoms with E-state index in [9.17, 15) is 24.0 Å². The first kappa shape index (κ1) is 46.7. The van der Waals surface area contributed by atoms with E-state index in [1.807, 2.05) is 67.5 Å². The van der Waals surface area contributed by atoms with E-state index in [1.54, 1.807) is 32.1 Å². The topological polar surface area (TPSA) is 176 Å². The van der Waals surface area contributed by atoms with Crippen LogP contribution in [0.1, 0.15) is 139 Å². The molecule has 0 bridgehead atoms. The Morgan fingerprint density at radius 2 is 1.40 bits per heavy atom. The number of nitrogens with zero attached hydrogens (tertiary/aromatic N) is 1. The van der Waals surface area contributed by atoms with Crippen LogP contribution in [-0.4, -0.2) is 69.4 Å². The monoisotopic (exact) mass is 806 g/mol. The Balaban J connectivity index is 2.10. The molecular weight excluding hydrogens is 745 g/mol. The average molecular weight is 807 g/mol. The number of aliphatic carboxylic acids is 1. The van der Waals surface area contributed by atoms with Crippen LogP contribution < -0.4 is 10.6 Å².